The number of hydrogen-bond acceptors (Lipinski definition) is 3. The summed E-state index contributed by atoms with van der Waals surface area (Å²) in [4.78, 5) is 13.7. The minimum atomic E-state index is -0.209. The van der Waals surface area contributed by atoms with Crippen molar-refractivity contribution in [2.45, 2.75) is 26.0 Å². The van der Waals surface area contributed by atoms with E-state index in [2.05, 4.69) is 12.2 Å². The van der Waals surface area contributed by atoms with Crippen LogP contribution in [-0.2, 0) is 11.3 Å². The van der Waals surface area contributed by atoms with E-state index in [0.29, 0.717) is 12.6 Å². The van der Waals surface area contributed by atoms with Crippen LogP contribution >= 0.6 is 12.4 Å². The fourth-order valence-electron chi connectivity index (χ4n) is 2.08. The molecule has 5 heteroatoms. The van der Waals surface area contributed by atoms with E-state index < -0.39 is 0 Å². The molecule has 1 aromatic carbocycles. The molecule has 1 aliphatic rings. The molecule has 0 aromatic heterocycles. The SMILES string of the molecule is CC[C@@H]1CN(C(=O)OCc2ccccc2)CCN1.Cl. The highest BCUT2D eigenvalue weighted by molar-refractivity contribution is 5.85. The predicted octanol–water partition coefficient (Wildman–Crippen LogP) is 2.43. The van der Waals surface area contributed by atoms with E-state index in [1.807, 2.05) is 30.3 Å². The van der Waals surface area contributed by atoms with Crippen LogP contribution in [0, 0.1) is 0 Å². The number of ether oxygens (including phenoxy) is 1. The summed E-state index contributed by atoms with van der Waals surface area (Å²) < 4.78 is 5.32. The van der Waals surface area contributed by atoms with E-state index in [1.54, 1.807) is 4.90 Å². The Balaban J connectivity index is 0.00000180. The fourth-order valence-corrected chi connectivity index (χ4v) is 2.08. The van der Waals surface area contributed by atoms with Crippen LogP contribution in [0.5, 0.6) is 0 Å². The van der Waals surface area contributed by atoms with Crippen LogP contribution in [0.3, 0.4) is 0 Å². The summed E-state index contributed by atoms with van der Waals surface area (Å²) in [5.41, 5.74) is 1.02. The molecule has 2 rings (SSSR count). The van der Waals surface area contributed by atoms with Crippen molar-refractivity contribution in [3.63, 3.8) is 0 Å². The zero-order valence-corrected chi connectivity index (χ0v) is 12.0. The lowest BCUT2D eigenvalue weighted by Crippen LogP contribution is -2.52. The first-order valence-electron chi connectivity index (χ1n) is 6.48. The molecular formula is C14H21ClN2O2. The minimum absolute atomic E-state index is 0. The normalized spacial score (nSPS) is 18.6. The maximum Gasteiger partial charge on any atom is 0.410 e. The second-order valence-corrected chi connectivity index (χ2v) is 4.55. The highest BCUT2D eigenvalue weighted by Crippen LogP contribution is 2.07. The van der Waals surface area contributed by atoms with Crippen LogP contribution in [0.25, 0.3) is 0 Å². The van der Waals surface area contributed by atoms with Gasteiger partial charge in [0.15, 0.2) is 0 Å². The van der Waals surface area contributed by atoms with Gasteiger partial charge in [0.1, 0.15) is 6.61 Å². The van der Waals surface area contributed by atoms with Gasteiger partial charge in [0.2, 0.25) is 0 Å². The zero-order chi connectivity index (χ0) is 12.8. The lowest BCUT2D eigenvalue weighted by Gasteiger charge is -2.32. The Kier molecular flexibility index (Phi) is 6.67. The van der Waals surface area contributed by atoms with Crippen LogP contribution in [-0.4, -0.2) is 36.7 Å². The first kappa shape index (κ1) is 15.8. The van der Waals surface area contributed by atoms with Gasteiger partial charge in [0, 0.05) is 25.7 Å². The van der Waals surface area contributed by atoms with E-state index in [9.17, 15) is 4.79 Å². The van der Waals surface area contributed by atoms with Gasteiger partial charge in [-0.15, -0.1) is 12.4 Å². The Hall–Kier alpha value is -1.26. The van der Waals surface area contributed by atoms with Gasteiger partial charge in [-0.25, -0.2) is 4.79 Å². The third-order valence-electron chi connectivity index (χ3n) is 3.21. The van der Waals surface area contributed by atoms with Gasteiger partial charge in [0.25, 0.3) is 0 Å². The molecule has 1 N–H and O–H groups in total. The van der Waals surface area contributed by atoms with Crippen LogP contribution in [0.1, 0.15) is 18.9 Å². The topological polar surface area (TPSA) is 41.6 Å². The zero-order valence-electron chi connectivity index (χ0n) is 11.2. The van der Waals surface area contributed by atoms with Crippen molar-refractivity contribution >= 4 is 18.5 Å². The number of rotatable bonds is 3. The van der Waals surface area contributed by atoms with E-state index in [0.717, 1.165) is 31.6 Å². The molecule has 106 valence electrons. The molecule has 19 heavy (non-hydrogen) atoms. The van der Waals surface area contributed by atoms with Gasteiger partial charge in [-0.1, -0.05) is 37.3 Å². The average molecular weight is 285 g/mol. The van der Waals surface area contributed by atoms with Crippen LogP contribution in [0.4, 0.5) is 4.79 Å². The lowest BCUT2D eigenvalue weighted by atomic mass is 10.2. The second kappa shape index (κ2) is 8.02. The van der Waals surface area contributed by atoms with E-state index in [4.69, 9.17) is 4.74 Å². The molecule has 0 bridgehead atoms. The average Bonchev–Trinajstić information content (AvgIpc) is 2.46. The maximum absolute atomic E-state index is 11.9. The third kappa shape index (κ3) is 4.73. The van der Waals surface area contributed by atoms with Crippen molar-refractivity contribution in [2.24, 2.45) is 0 Å². The van der Waals surface area contributed by atoms with Gasteiger partial charge in [0.05, 0.1) is 0 Å². The predicted molar refractivity (Wildman–Crippen MR) is 77.5 cm³/mol. The van der Waals surface area contributed by atoms with E-state index in [-0.39, 0.29) is 18.5 Å². The van der Waals surface area contributed by atoms with Crippen molar-refractivity contribution in [2.75, 3.05) is 19.6 Å². The standard InChI is InChI=1S/C14H20N2O2.ClH/c1-2-13-10-16(9-8-15-13)14(17)18-11-12-6-4-3-5-7-12;/h3-7,13,15H,2,8-11H2,1H3;1H/t13-;/m1./s1. The van der Waals surface area contributed by atoms with Gasteiger partial charge in [-0.05, 0) is 12.0 Å². The van der Waals surface area contributed by atoms with Crippen LogP contribution in [0.15, 0.2) is 30.3 Å². The highest BCUT2D eigenvalue weighted by Gasteiger charge is 2.22. The quantitative estimate of drug-likeness (QED) is 0.927. The van der Waals surface area contributed by atoms with E-state index >= 15 is 0 Å². The number of carbonyl (C=O) groups is 1. The molecule has 0 saturated carbocycles. The summed E-state index contributed by atoms with van der Waals surface area (Å²) in [7, 11) is 0. The molecular weight excluding hydrogens is 264 g/mol. The molecule has 1 amide bonds. The number of nitrogens with one attached hydrogen (secondary N) is 1. The Morgan fingerprint density at radius 3 is 2.84 bits per heavy atom. The number of hydrogen-bond donors (Lipinski definition) is 1. The van der Waals surface area contributed by atoms with Crippen molar-refractivity contribution in [1.82, 2.24) is 10.2 Å². The second-order valence-electron chi connectivity index (χ2n) is 4.55. The summed E-state index contributed by atoms with van der Waals surface area (Å²) in [5, 5.41) is 3.38. The Bertz CT molecular complexity index is 386. The van der Waals surface area contributed by atoms with E-state index in [1.165, 1.54) is 0 Å². The van der Waals surface area contributed by atoms with Gasteiger partial charge in [-0.2, -0.15) is 0 Å². The van der Waals surface area contributed by atoms with Gasteiger partial charge < -0.3 is 15.0 Å². The fraction of sp³-hybridized carbons (Fsp3) is 0.500. The van der Waals surface area contributed by atoms with Crippen LogP contribution in [0.2, 0.25) is 0 Å². The van der Waals surface area contributed by atoms with Gasteiger partial charge >= 0.3 is 6.09 Å². The number of carbonyl (C=O) groups excluding carboxylic acids is 1. The van der Waals surface area contributed by atoms with Crippen molar-refractivity contribution in [3.05, 3.63) is 35.9 Å². The summed E-state index contributed by atoms with van der Waals surface area (Å²) in [6.45, 7) is 4.78. The summed E-state index contributed by atoms with van der Waals surface area (Å²) in [6, 6.07) is 10.2. The summed E-state index contributed by atoms with van der Waals surface area (Å²) in [6.07, 6.45) is 0.821. The number of benzene rings is 1. The molecule has 1 saturated heterocycles. The molecule has 1 heterocycles. The van der Waals surface area contributed by atoms with Gasteiger partial charge in [-0.3, -0.25) is 0 Å². The van der Waals surface area contributed by atoms with Crippen molar-refractivity contribution < 1.29 is 9.53 Å². The molecule has 1 aromatic rings. The number of nitrogens with zero attached hydrogens (tertiary/aromatic N) is 1. The molecule has 4 nitrogen and oxygen atoms in total. The molecule has 0 radical (unpaired) electrons. The number of piperazine rings is 1. The van der Waals surface area contributed by atoms with Crippen molar-refractivity contribution in [1.29, 1.82) is 0 Å². The van der Waals surface area contributed by atoms with Crippen molar-refractivity contribution in [3.8, 4) is 0 Å². The summed E-state index contributed by atoms with van der Waals surface area (Å²) >= 11 is 0. The lowest BCUT2D eigenvalue weighted by molar-refractivity contribution is 0.0846. The first-order valence-corrected chi connectivity index (χ1v) is 6.48. The maximum atomic E-state index is 11.9. The Labute approximate surface area is 120 Å². The monoisotopic (exact) mass is 284 g/mol. The third-order valence-corrected chi connectivity index (χ3v) is 3.21. The Morgan fingerprint density at radius 1 is 1.42 bits per heavy atom. The summed E-state index contributed by atoms with van der Waals surface area (Å²) in [5.74, 6) is 0. The minimum Gasteiger partial charge on any atom is -0.445 e. The number of amides is 1. The molecule has 1 aliphatic heterocycles. The molecule has 0 aliphatic carbocycles. The van der Waals surface area contributed by atoms with Crippen LogP contribution < -0.4 is 5.32 Å². The smallest absolute Gasteiger partial charge is 0.410 e. The molecule has 0 spiro atoms. The first-order chi connectivity index (χ1) is 8.79. The molecule has 1 atom stereocenters. The molecule has 0 unspecified atom stereocenters. The molecule has 1 fully saturated rings. The Morgan fingerprint density at radius 2 is 2.16 bits per heavy atom. The highest BCUT2D eigenvalue weighted by atomic mass is 35.5. The largest absolute Gasteiger partial charge is 0.445 e. The number of halogens is 1.